The second-order valence-electron chi connectivity index (χ2n) is 3.93. The Kier molecular flexibility index (Phi) is 1.98. The SMILES string of the molecule is CC(=O)c1cnc2ccc3cc(F)ccc3n12. The van der Waals surface area contributed by atoms with Gasteiger partial charge in [0.05, 0.1) is 11.7 Å². The Bertz CT molecular complexity index is 746. The van der Waals surface area contributed by atoms with Gasteiger partial charge in [0.25, 0.3) is 0 Å². The van der Waals surface area contributed by atoms with E-state index in [1.807, 2.05) is 0 Å². The lowest BCUT2D eigenvalue weighted by molar-refractivity contribution is 0.101. The highest BCUT2D eigenvalue weighted by molar-refractivity contribution is 5.95. The molecule has 0 unspecified atom stereocenters. The zero-order valence-corrected chi connectivity index (χ0v) is 9.14. The Morgan fingerprint density at radius 3 is 2.88 bits per heavy atom. The third-order valence-corrected chi connectivity index (χ3v) is 2.79. The van der Waals surface area contributed by atoms with Gasteiger partial charge in [0.2, 0.25) is 0 Å². The van der Waals surface area contributed by atoms with Gasteiger partial charge in [-0.15, -0.1) is 0 Å². The molecular weight excluding hydrogens is 219 g/mol. The highest BCUT2D eigenvalue weighted by Crippen LogP contribution is 2.19. The number of hydrogen-bond donors (Lipinski definition) is 0. The molecule has 2 aromatic heterocycles. The molecule has 0 saturated heterocycles. The standard InChI is InChI=1S/C13H9FN2O/c1-8(17)12-7-15-13-5-2-9-6-10(14)3-4-11(9)16(12)13/h2-7H,1H3. The quantitative estimate of drug-likeness (QED) is 0.600. The van der Waals surface area contributed by atoms with Crippen LogP contribution in [0.25, 0.3) is 16.6 Å². The van der Waals surface area contributed by atoms with Crippen molar-refractivity contribution in [2.75, 3.05) is 0 Å². The van der Waals surface area contributed by atoms with Gasteiger partial charge < -0.3 is 0 Å². The third-order valence-electron chi connectivity index (χ3n) is 2.79. The number of imidazole rings is 1. The van der Waals surface area contributed by atoms with Gasteiger partial charge in [-0.3, -0.25) is 9.20 Å². The van der Waals surface area contributed by atoms with Gasteiger partial charge in [-0.1, -0.05) is 0 Å². The Morgan fingerprint density at radius 1 is 1.29 bits per heavy atom. The summed E-state index contributed by atoms with van der Waals surface area (Å²) in [6, 6.07) is 8.05. The molecule has 0 amide bonds. The minimum absolute atomic E-state index is 0.0608. The molecule has 0 aliphatic carbocycles. The molecule has 0 saturated carbocycles. The van der Waals surface area contributed by atoms with E-state index in [1.54, 1.807) is 28.8 Å². The maximum atomic E-state index is 13.1. The summed E-state index contributed by atoms with van der Waals surface area (Å²) in [6.07, 6.45) is 1.54. The van der Waals surface area contributed by atoms with Gasteiger partial charge in [0.15, 0.2) is 5.78 Å². The number of benzene rings is 1. The maximum Gasteiger partial charge on any atom is 0.178 e. The lowest BCUT2D eigenvalue weighted by atomic mass is 10.2. The van der Waals surface area contributed by atoms with Crippen LogP contribution >= 0.6 is 0 Å². The van der Waals surface area contributed by atoms with Crippen LogP contribution in [-0.4, -0.2) is 15.2 Å². The highest BCUT2D eigenvalue weighted by atomic mass is 19.1. The van der Waals surface area contributed by atoms with Gasteiger partial charge in [0, 0.05) is 12.3 Å². The maximum absolute atomic E-state index is 13.1. The molecule has 0 aliphatic heterocycles. The topological polar surface area (TPSA) is 34.4 Å². The molecule has 17 heavy (non-hydrogen) atoms. The van der Waals surface area contributed by atoms with E-state index in [0.717, 1.165) is 10.9 Å². The van der Waals surface area contributed by atoms with E-state index >= 15 is 0 Å². The number of rotatable bonds is 1. The van der Waals surface area contributed by atoms with E-state index < -0.39 is 0 Å². The lowest BCUT2D eigenvalue weighted by Crippen LogP contribution is -1.99. The molecule has 2 heterocycles. The largest absolute Gasteiger partial charge is 0.293 e. The summed E-state index contributed by atoms with van der Waals surface area (Å²) in [6.45, 7) is 1.49. The predicted octanol–water partition coefficient (Wildman–Crippen LogP) is 2.83. The van der Waals surface area contributed by atoms with Crippen molar-refractivity contribution in [2.24, 2.45) is 0 Å². The molecule has 3 rings (SSSR count). The second kappa shape index (κ2) is 3.38. The molecular formula is C13H9FN2O. The van der Waals surface area contributed by atoms with Crippen molar-refractivity contribution in [1.29, 1.82) is 0 Å². The summed E-state index contributed by atoms with van der Waals surface area (Å²) in [4.78, 5) is 15.7. The van der Waals surface area contributed by atoms with E-state index in [-0.39, 0.29) is 11.6 Å². The molecule has 0 N–H and O–H groups in total. The zero-order valence-electron chi connectivity index (χ0n) is 9.14. The first kappa shape index (κ1) is 9.96. The molecule has 3 aromatic rings. The smallest absolute Gasteiger partial charge is 0.178 e. The minimum Gasteiger partial charge on any atom is -0.293 e. The third kappa shape index (κ3) is 1.41. The first-order valence-electron chi connectivity index (χ1n) is 5.23. The molecule has 0 spiro atoms. The van der Waals surface area contributed by atoms with Gasteiger partial charge in [-0.05, 0) is 30.3 Å². The van der Waals surface area contributed by atoms with Crippen molar-refractivity contribution >= 4 is 22.3 Å². The van der Waals surface area contributed by atoms with Gasteiger partial charge in [-0.25, -0.2) is 9.37 Å². The van der Waals surface area contributed by atoms with Crippen LogP contribution in [0.4, 0.5) is 4.39 Å². The predicted molar refractivity (Wildman–Crippen MR) is 62.7 cm³/mol. The average molecular weight is 228 g/mol. The summed E-state index contributed by atoms with van der Waals surface area (Å²) in [7, 11) is 0. The minimum atomic E-state index is -0.290. The summed E-state index contributed by atoms with van der Waals surface area (Å²) < 4.78 is 14.9. The van der Waals surface area contributed by atoms with Crippen LogP contribution in [-0.2, 0) is 0 Å². The average Bonchev–Trinajstić information content (AvgIpc) is 2.72. The monoisotopic (exact) mass is 228 g/mol. The molecule has 0 bridgehead atoms. The number of ketones is 1. The molecule has 0 fully saturated rings. The Hall–Kier alpha value is -2.23. The number of carbonyl (C=O) groups is 1. The highest BCUT2D eigenvalue weighted by Gasteiger charge is 2.10. The van der Waals surface area contributed by atoms with Crippen LogP contribution in [0.15, 0.2) is 36.5 Å². The summed E-state index contributed by atoms with van der Waals surface area (Å²) in [5.74, 6) is -0.351. The van der Waals surface area contributed by atoms with Crippen molar-refractivity contribution in [3.8, 4) is 0 Å². The fourth-order valence-electron chi connectivity index (χ4n) is 2.01. The summed E-state index contributed by atoms with van der Waals surface area (Å²) >= 11 is 0. The first-order valence-corrected chi connectivity index (χ1v) is 5.23. The number of hydrogen-bond acceptors (Lipinski definition) is 2. The van der Waals surface area contributed by atoms with Crippen LogP contribution < -0.4 is 0 Å². The number of carbonyl (C=O) groups excluding carboxylic acids is 1. The number of aromatic nitrogens is 2. The Balaban J connectivity index is 2.52. The fraction of sp³-hybridized carbons (Fsp3) is 0.0769. The summed E-state index contributed by atoms with van der Waals surface area (Å²) in [5, 5.41) is 0.748. The lowest BCUT2D eigenvalue weighted by Gasteiger charge is -2.04. The van der Waals surface area contributed by atoms with Crippen LogP contribution in [0.2, 0.25) is 0 Å². The van der Waals surface area contributed by atoms with E-state index in [9.17, 15) is 9.18 Å². The van der Waals surface area contributed by atoms with Gasteiger partial charge >= 0.3 is 0 Å². The number of halogens is 1. The number of pyridine rings is 1. The van der Waals surface area contributed by atoms with Crippen LogP contribution in [0.1, 0.15) is 17.4 Å². The van der Waals surface area contributed by atoms with E-state index in [4.69, 9.17) is 0 Å². The van der Waals surface area contributed by atoms with Crippen molar-refractivity contribution in [1.82, 2.24) is 9.38 Å². The second-order valence-corrected chi connectivity index (χ2v) is 3.93. The molecule has 4 heteroatoms. The molecule has 84 valence electrons. The molecule has 3 nitrogen and oxygen atoms in total. The normalized spacial score (nSPS) is 11.2. The Morgan fingerprint density at radius 2 is 2.12 bits per heavy atom. The molecule has 0 radical (unpaired) electrons. The number of nitrogens with zero attached hydrogens (tertiary/aromatic N) is 2. The Labute approximate surface area is 96.5 Å². The van der Waals surface area contributed by atoms with E-state index in [1.165, 1.54) is 19.1 Å². The summed E-state index contributed by atoms with van der Waals surface area (Å²) in [5.41, 5.74) is 1.98. The van der Waals surface area contributed by atoms with Gasteiger partial charge in [0.1, 0.15) is 17.2 Å². The van der Waals surface area contributed by atoms with E-state index in [0.29, 0.717) is 11.3 Å². The van der Waals surface area contributed by atoms with Crippen molar-refractivity contribution in [2.45, 2.75) is 6.92 Å². The zero-order chi connectivity index (χ0) is 12.0. The van der Waals surface area contributed by atoms with Crippen molar-refractivity contribution < 1.29 is 9.18 Å². The molecule has 1 aromatic carbocycles. The van der Waals surface area contributed by atoms with Crippen molar-refractivity contribution in [3.63, 3.8) is 0 Å². The van der Waals surface area contributed by atoms with Crippen LogP contribution in [0.3, 0.4) is 0 Å². The molecule has 0 aliphatic rings. The van der Waals surface area contributed by atoms with Crippen molar-refractivity contribution in [3.05, 3.63) is 48.0 Å². The van der Waals surface area contributed by atoms with E-state index in [2.05, 4.69) is 4.98 Å². The first-order chi connectivity index (χ1) is 8.16. The number of fused-ring (bicyclic) bond motifs is 3. The molecule has 0 atom stereocenters. The fourth-order valence-corrected chi connectivity index (χ4v) is 2.01. The van der Waals surface area contributed by atoms with Gasteiger partial charge in [-0.2, -0.15) is 0 Å². The number of Topliss-reactive ketones (excluding diaryl/α,β-unsaturated/α-hetero) is 1. The van der Waals surface area contributed by atoms with Crippen LogP contribution in [0.5, 0.6) is 0 Å². The van der Waals surface area contributed by atoms with Crippen LogP contribution in [0, 0.1) is 5.82 Å².